The molecule has 1 atom stereocenters. The molecule has 0 bridgehead atoms. The Bertz CT molecular complexity index is 342. The monoisotopic (exact) mass is 317 g/mol. The fraction of sp³-hybridized carbons (Fsp3) is 0.667. The number of nitrogens with one attached hydrogen (secondary N) is 2. The first kappa shape index (κ1) is 13.5. The molecule has 1 unspecified atom stereocenters. The summed E-state index contributed by atoms with van der Waals surface area (Å²) in [7, 11) is 2.21. The quantitative estimate of drug-likeness (QED) is 0.807. The highest BCUT2D eigenvalue weighted by Crippen LogP contribution is 2.21. The molecule has 2 N–H and O–H groups in total. The van der Waals surface area contributed by atoms with Crippen molar-refractivity contribution in [2.24, 2.45) is 0 Å². The number of rotatable bonds is 5. The van der Waals surface area contributed by atoms with Crippen molar-refractivity contribution in [2.75, 3.05) is 39.8 Å². The van der Waals surface area contributed by atoms with Gasteiger partial charge >= 0.3 is 0 Å². The number of likely N-dealkylation sites (N-methyl/N-ethyl adjacent to an activating group) is 1. The van der Waals surface area contributed by atoms with Gasteiger partial charge in [-0.05, 0) is 41.5 Å². The lowest BCUT2D eigenvalue weighted by molar-refractivity contribution is 0.196. The van der Waals surface area contributed by atoms with E-state index in [-0.39, 0.29) is 0 Å². The fourth-order valence-electron chi connectivity index (χ4n) is 2.06. The Morgan fingerprint density at radius 3 is 3.18 bits per heavy atom. The zero-order valence-corrected chi connectivity index (χ0v) is 12.6. The van der Waals surface area contributed by atoms with E-state index in [4.69, 9.17) is 0 Å². The minimum atomic E-state index is 0.638. The van der Waals surface area contributed by atoms with E-state index in [0.717, 1.165) is 39.1 Å². The molecule has 1 aromatic heterocycles. The Labute approximate surface area is 116 Å². The van der Waals surface area contributed by atoms with Crippen LogP contribution in [0.3, 0.4) is 0 Å². The molecule has 0 aliphatic carbocycles. The van der Waals surface area contributed by atoms with E-state index in [9.17, 15) is 0 Å². The largest absolute Gasteiger partial charge is 0.315 e. The predicted molar refractivity (Wildman–Crippen MR) is 77.9 cm³/mol. The van der Waals surface area contributed by atoms with Crippen LogP contribution in [0.4, 0.5) is 0 Å². The normalized spacial score (nSPS) is 21.9. The average molecular weight is 318 g/mol. The maximum Gasteiger partial charge on any atom is 0.0701 e. The van der Waals surface area contributed by atoms with Crippen LogP contribution >= 0.6 is 27.3 Å². The zero-order valence-electron chi connectivity index (χ0n) is 10.2. The smallest absolute Gasteiger partial charge is 0.0701 e. The number of thiophene rings is 1. The molecule has 17 heavy (non-hydrogen) atoms. The summed E-state index contributed by atoms with van der Waals surface area (Å²) >= 11 is 5.32. The third-order valence-corrected chi connectivity index (χ3v) is 4.89. The molecule has 1 saturated heterocycles. The number of nitrogens with zero attached hydrogens (tertiary/aromatic N) is 1. The summed E-state index contributed by atoms with van der Waals surface area (Å²) in [6, 6.07) is 4.96. The summed E-state index contributed by atoms with van der Waals surface area (Å²) in [6.45, 7) is 5.53. The first-order valence-electron chi connectivity index (χ1n) is 6.11. The van der Waals surface area contributed by atoms with Gasteiger partial charge in [-0.3, -0.25) is 4.90 Å². The Hall–Kier alpha value is 0.0600. The van der Waals surface area contributed by atoms with E-state index in [1.54, 1.807) is 0 Å². The molecule has 0 spiro atoms. The predicted octanol–water partition coefficient (Wildman–Crippen LogP) is 1.55. The van der Waals surface area contributed by atoms with E-state index in [2.05, 4.69) is 50.6 Å². The summed E-state index contributed by atoms with van der Waals surface area (Å²) in [5.41, 5.74) is 0. The molecule has 1 aliphatic heterocycles. The molecule has 96 valence electrons. The third-order valence-electron chi connectivity index (χ3n) is 3.20. The minimum Gasteiger partial charge on any atom is -0.315 e. The topological polar surface area (TPSA) is 27.3 Å². The molecule has 5 heteroatoms. The Kier molecular flexibility index (Phi) is 5.44. The van der Waals surface area contributed by atoms with Gasteiger partial charge in [0, 0.05) is 43.6 Å². The van der Waals surface area contributed by atoms with Crippen LogP contribution in [0, 0.1) is 0 Å². The van der Waals surface area contributed by atoms with E-state index in [0.29, 0.717) is 6.04 Å². The SMILES string of the molecule is CN1CCNCC1CNCCc1ccc(Br)s1. The first-order valence-corrected chi connectivity index (χ1v) is 7.72. The van der Waals surface area contributed by atoms with Gasteiger partial charge in [-0.1, -0.05) is 0 Å². The molecule has 0 amide bonds. The van der Waals surface area contributed by atoms with Gasteiger partial charge in [0.25, 0.3) is 0 Å². The van der Waals surface area contributed by atoms with Crippen LogP contribution in [-0.2, 0) is 6.42 Å². The Morgan fingerprint density at radius 2 is 2.47 bits per heavy atom. The van der Waals surface area contributed by atoms with Crippen molar-refractivity contribution in [3.05, 3.63) is 20.8 Å². The first-order chi connectivity index (χ1) is 8.25. The number of piperazine rings is 1. The lowest BCUT2D eigenvalue weighted by Crippen LogP contribution is -2.53. The van der Waals surface area contributed by atoms with Crippen molar-refractivity contribution < 1.29 is 0 Å². The molecule has 1 aromatic rings. The Morgan fingerprint density at radius 1 is 1.59 bits per heavy atom. The van der Waals surface area contributed by atoms with Crippen molar-refractivity contribution in [1.82, 2.24) is 15.5 Å². The van der Waals surface area contributed by atoms with Crippen molar-refractivity contribution in [3.63, 3.8) is 0 Å². The van der Waals surface area contributed by atoms with E-state index in [1.165, 1.54) is 8.66 Å². The van der Waals surface area contributed by atoms with Crippen molar-refractivity contribution in [3.8, 4) is 0 Å². The molecule has 3 nitrogen and oxygen atoms in total. The minimum absolute atomic E-state index is 0.638. The van der Waals surface area contributed by atoms with Gasteiger partial charge in [0.1, 0.15) is 0 Å². The van der Waals surface area contributed by atoms with Crippen molar-refractivity contribution >= 4 is 27.3 Å². The summed E-state index contributed by atoms with van der Waals surface area (Å²) in [5, 5.41) is 6.99. The van der Waals surface area contributed by atoms with Crippen LogP contribution in [0.2, 0.25) is 0 Å². The highest BCUT2D eigenvalue weighted by molar-refractivity contribution is 9.11. The van der Waals surface area contributed by atoms with Gasteiger partial charge in [0.05, 0.1) is 3.79 Å². The highest BCUT2D eigenvalue weighted by Gasteiger charge is 2.17. The molecule has 0 saturated carbocycles. The zero-order chi connectivity index (χ0) is 12.1. The highest BCUT2D eigenvalue weighted by atomic mass is 79.9. The summed E-state index contributed by atoms with van der Waals surface area (Å²) in [6.07, 6.45) is 1.13. The second kappa shape index (κ2) is 6.85. The van der Waals surface area contributed by atoms with E-state index in [1.807, 2.05) is 11.3 Å². The lowest BCUT2D eigenvalue weighted by Gasteiger charge is -2.33. The third kappa shape index (κ3) is 4.34. The molecule has 2 rings (SSSR count). The summed E-state index contributed by atoms with van der Waals surface area (Å²) in [4.78, 5) is 3.88. The van der Waals surface area contributed by atoms with E-state index >= 15 is 0 Å². The maximum atomic E-state index is 3.55. The van der Waals surface area contributed by atoms with Crippen LogP contribution < -0.4 is 10.6 Å². The van der Waals surface area contributed by atoms with Gasteiger partial charge in [0.15, 0.2) is 0 Å². The maximum absolute atomic E-state index is 3.55. The number of hydrogen-bond donors (Lipinski definition) is 2. The molecular formula is C12H20BrN3S. The van der Waals surface area contributed by atoms with Crippen LogP contribution in [0.5, 0.6) is 0 Å². The van der Waals surface area contributed by atoms with Gasteiger partial charge in [-0.15, -0.1) is 11.3 Å². The summed E-state index contributed by atoms with van der Waals surface area (Å²) < 4.78 is 1.23. The average Bonchev–Trinajstić information content (AvgIpc) is 2.73. The van der Waals surface area contributed by atoms with Crippen LogP contribution in [0.1, 0.15) is 4.88 Å². The molecular weight excluding hydrogens is 298 g/mol. The molecule has 1 fully saturated rings. The molecule has 0 aromatic carbocycles. The number of halogens is 1. The van der Waals surface area contributed by atoms with Crippen LogP contribution in [0.25, 0.3) is 0 Å². The van der Waals surface area contributed by atoms with Crippen molar-refractivity contribution in [2.45, 2.75) is 12.5 Å². The van der Waals surface area contributed by atoms with Gasteiger partial charge < -0.3 is 10.6 Å². The van der Waals surface area contributed by atoms with Crippen LogP contribution in [-0.4, -0.2) is 50.7 Å². The summed E-state index contributed by atoms with van der Waals surface area (Å²) in [5.74, 6) is 0. The van der Waals surface area contributed by atoms with E-state index < -0.39 is 0 Å². The van der Waals surface area contributed by atoms with Gasteiger partial charge in [-0.2, -0.15) is 0 Å². The molecule has 1 aliphatic rings. The second-order valence-electron chi connectivity index (χ2n) is 4.50. The van der Waals surface area contributed by atoms with Crippen LogP contribution in [0.15, 0.2) is 15.9 Å². The van der Waals surface area contributed by atoms with Gasteiger partial charge in [0.2, 0.25) is 0 Å². The lowest BCUT2D eigenvalue weighted by atomic mass is 10.2. The second-order valence-corrected chi connectivity index (χ2v) is 7.05. The van der Waals surface area contributed by atoms with Gasteiger partial charge in [-0.25, -0.2) is 0 Å². The molecule has 2 heterocycles. The number of hydrogen-bond acceptors (Lipinski definition) is 4. The van der Waals surface area contributed by atoms with Crippen molar-refractivity contribution in [1.29, 1.82) is 0 Å². The Balaban J connectivity index is 1.62. The fourth-order valence-corrected chi connectivity index (χ4v) is 3.54. The standard InChI is InChI=1S/C12H20BrN3S/c1-16-7-6-15-9-10(16)8-14-5-4-11-2-3-12(13)17-11/h2-3,10,14-15H,4-9H2,1H3. The molecule has 0 radical (unpaired) electrons.